The monoisotopic (exact) mass is 498 g/mol. The van der Waals surface area contributed by atoms with Crippen molar-refractivity contribution in [1.29, 1.82) is 0 Å². The number of rotatable bonds is 9. The number of hydrogen-bond donors (Lipinski definition) is 2. The third-order valence-electron chi connectivity index (χ3n) is 6.57. The fourth-order valence-corrected chi connectivity index (χ4v) is 6.16. The molecule has 3 unspecified atom stereocenters. The lowest BCUT2D eigenvalue weighted by Gasteiger charge is -2.28. The van der Waals surface area contributed by atoms with Gasteiger partial charge in [0.25, 0.3) is 0 Å². The lowest BCUT2D eigenvalue weighted by atomic mass is 9.98. The van der Waals surface area contributed by atoms with Crippen molar-refractivity contribution >= 4 is 29.7 Å². The number of methoxy groups -OCH3 is 1. The van der Waals surface area contributed by atoms with E-state index in [2.05, 4.69) is 29.6 Å². The number of hydrogen-bond acceptors (Lipinski definition) is 6. The Hall–Kier alpha value is -3.04. The van der Waals surface area contributed by atoms with Crippen molar-refractivity contribution in [2.45, 2.75) is 43.2 Å². The molecule has 2 amide bonds. The zero-order valence-corrected chi connectivity index (χ0v) is 20.6. The van der Waals surface area contributed by atoms with E-state index in [0.717, 1.165) is 22.3 Å². The maximum atomic E-state index is 12.9. The minimum absolute atomic E-state index is 0.0268. The number of nitrogens with zero attached hydrogens (tertiary/aromatic N) is 1. The van der Waals surface area contributed by atoms with Gasteiger partial charge in [0.05, 0.1) is 17.9 Å². The fraction of sp³-hybridized carbons (Fsp3) is 0.423. The molecule has 0 spiro atoms. The van der Waals surface area contributed by atoms with Gasteiger partial charge in [-0.15, -0.1) is 11.8 Å². The maximum Gasteiger partial charge on any atom is 0.407 e. The molecule has 35 heavy (non-hydrogen) atoms. The Morgan fingerprint density at radius 3 is 2.31 bits per heavy atom. The Morgan fingerprint density at radius 2 is 1.74 bits per heavy atom. The highest BCUT2D eigenvalue weighted by molar-refractivity contribution is 8.00. The molecule has 0 saturated carbocycles. The van der Waals surface area contributed by atoms with Gasteiger partial charge < -0.3 is 24.8 Å². The largest absolute Gasteiger partial charge is 0.480 e. The number of aliphatic carboxylic acids is 1. The average molecular weight is 499 g/mol. The summed E-state index contributed by atoms with van der Waals surface area (Å²) >= 11 is 1.47. The van der Waals surface area contributed by atoms with Gasteiger partial charge in [0.1, 0.15) is 12.6 Å². The predicted molar refractivity (Wildman–Crippen MR) is 133 cm³/mol. The summed E-state index contributed by atoms with van der Waals surface area (Å²) in [6.45, 7) is 2.20. The van der Waals surface area contributed by atoms with Crippen molar-refractivity contribution in [2.24, 2.45) is 0 Å². The first-order chi connectivity index (χ1) is 16.9. The molecule has 2 aromatic carbocycles. The van der Waals surface area contributed by atoms with Gasteiger partial charge in [-0.2, -0.15) is 0 Å². The SMILES string of the molecule is CCC1SCC(C(=O)O)N1C(=O)CC(CNC(=O)OCC1c2ccccc2-c2ccccc21)OC. The zero-order valence-electron chi connectivity index (χ0n) is 19.8. The molecule has 2 N–H and O–H groups in total. The van der Waals surface area contributed by atoms with E-state index in [0.29, 0.717) is 12.2 Å². The van der Waals surface area contributed by atoms with Crippen LogP contribution in [0.4, 0.5) is 4.79 Å². The van der Waals surface area contributed by atoms with Gasteiger partial charge in [-0.1, -0.05) is 55.5 Å². The number of amides is 2. The maximum absolute atomic E-state index is 12.9. The quantitative estimate of drug-likeness (QED) is 0.543. The van der Waals surface area contributed by atoms with Crippen LogP contribution in [0.1, 0.15) is 36.8 Å². The molecule has 0 radical (unpaired) electrons. The molecule has 186 valence electrons. The Labute approximate surface area is 209 Å². The topological polar surface area (TPSA) is 105 Å². The molecule has 4 rings (SSSR count). The molecule has 8 nitrogen and oxygen atoms in total. The van der Waals surface area contributed by atoms with Gasteiger partial charge in [0, 0.05) is 25.3 Å². The highest BCUT2D eigenvalue weighted by Gasteiger charge is 2.41. The van der Waals surface area contributed by atoms with Gasteiger partial charge in [0.2, 0.25) is 5.91 Å². The van der Waals surface area contributed by atoms with E-state index in [1.807, 2.05) is 31.2 Å². The minimum atomic E-state index is -1.01. The van der Waals surface area contributed by atoms with Crippen LogP contribution in [0.5, 0.6) is 0 Å². The van der Waals surface area contributed by atoms with E-state index in [-0.39, 0.29) is 36.8 Å². The number of carboxylic acid groups (broad SMARTS) is 1. The molecule has 3 atom stereocenters. The summed E-state index contributed by atoms with van der Waals surface area (Å²) in [5.41, 5.74) is 4.56. The number of alkyl carbamates (subject to hydrolysis) is 1. The van der Waals surface area contributed by atoms with Crippen molar-refractivity contribution in [1.82, 2.24) is 10.2 Å². The molecule has 1 aliphatic carbocycles. The van der Waals surface area contributed by atoms with Crippen LogP contribution in [-0.4, -0.2) is 71.5 Å². The summed E-state index contributed by atoms with van der Waals surface area (Å²) in [5, 5.41) is 12.0. The number of carbonyl (C=O) groups excluding carboxylic acids is 2. The molecule has 1 fully saturated rings. The average Bonchev–Trinajstić information content (AvgIpc) is 3.45. The van der Waals surface area contributed by atoms with Gasteiger partial charge in [0.15, 0.2) is 0 Å². The van der Waals surface area contributed by atoms with Crippen LogP contribution in [-0.2, 0) is 19.1 Å². The van der Waals surface area contributed by atoms with Crippen molar-refractivity contribution in [3.05, 3.63) is 59.7 Å². The number of fused-ring (bicyclic) bond motifs is 3. The van der Waals surface area contributed by atoms with Crippen LogP contribution < -0.4 is 5.32 Å². The lowest BCUT2D eigenvalue weighted by molar-refractivity contribution is -0.150. The molecule has 0 aromatic heterocycles. The Balaban J connectivity index is 1.31. The van der Waals surface area contributed by atoms with Gasteiger partial charge >= 0.3 is 12.1 Å². The first-order valence-corrected chi connectivity index (χ1v) is 12.8. The molecule has 1 aliphatic heterocycles. The van der Waals surface area contributed by atoms with Crippen molar-refractivity contribution < 1.29 is 29.0 Å². The van der Waals surface area contributed by atoms with E-state index in [1.165, 1.54) is 23.8 Å². The predicted octanol–water partition coefficient (Wildman–Crippen LogP) is 3.69. The number of carbonyl (C=O) groups is 3. The van der Waals surface area contributed by atoms with Crippen LogP contribution >= 0.6 is 11.8 Å². The molecule has 9 heteroatoms. The smallest absolute Gasteiger partial charge is 0.407 e. The molecular weight excluding hydrogens is 468 g/mol. The first-order valence-electron chi connectivity index (χ1n) is 11.7. The van der Waals surface area contributed by atoms with Crippen molar-refractivity contribution in [3.8, 4) is 11.1 Å². The molecule has 1 heterocycles. The van der Waals surface area contributed by atoms with Gasteiger partial charge in [-0.05, 0) is 28.7 Å². The standard InChI is InChI=1S/C26H30N2O6S/c1-3-24-28(22(15-35-24)25(30)31)23(29)12-16(33-2)13-27-26(32)34-14-21-19-10-6-4-8-17(19)18-9-5-7-11-20(18)21/h4-11,16,21-22,24H,3,12-15H2,1-2H3,(H,27,32)(H,30,31). The van der Waals surface area contributed by atoms with E-state index in [9.17, 15) is 19.5 Å². The Bertz CT molecular complexity index is 1050. The summed E-state index contributed by atoms with van der Waals surface area (Å²) in [4.78, 5) is 38.4. The Morgan fingerprint density at radius 1 is 1.11 bits per heavy atom. The third kappa shape index (κ3) is 5.31. The van der Waals surface area contributed by atoms with E-state index in [4.69, 9.17) is 9.47 Å². The number of ether oxygens (including phenoxy) is 2. The molecule has 0 bridgehead atoms. The summed E-state index contributed by atoms with van der Waals surface area (Å²) in [6, 6.07) is 15.4. The molecule has 2 aliphatic rings. The lowest BCUT2D eigenvalue weighted by Crippen LogP contribution is -2.47. The van der Waals surface area contributed by atoms with Crippen LogP contribution in [0.3, 0.4) is 0 Å². The van der Waals surface area contributed by atoms with E-state index in [1.54, 1.807) is 0 Å². The summed E-state index contributed by atoms with van der Waals surface area (Å²) in [7, 11) is 1.46. The van der Waals surface area contributed by atoms with Crippen LogP contribution in [0, 0.1) is 0 Å². The highest BCUT2D eigenvalue weighted by Crippen LogP contribution is 2.44. The minimum Gasteiger partial charge on any atom is -0.480 e. The number of nitrogens with one attached hydrogen (secondary N) is 1. The van der Waals surface area contributed by atoms with Gasteiger partial charge in [-0.3, -0.25) is 4.79 Å². The van der Waals surface area contributed by atoms with Crippen LogP contribution in [0.2, 0.25) is 0 Å². The molecular formula is C26H30N2O6S. The van der Waals surface area contributed by atoms with E-state index < -0.39 is 24.2 Å². The zero-order chi connectivity index (χ0) is 24.9. The van der Waals surface area contributed by atoms with Crippen molar-refractivity contribution in [2.75, 3.05) is 26.0 Å². The number of carboxylic acids is 1. The van der Waals surface area contributed by atoms with Crippen LogP contribution in [0.25, 0.3) is 11.1 Å². The summed E-state index contributed by atoms with van der Waals surface area (Å²) in [5.74, 6) is -0.975. The molecule has 2 aromatic rings. The number of benzene rings is 2. The van der Waals surface area contributed by atoms with Crippen LogP contribution in [0.15, 0.2) is 48.5 Å². The summed E-state index contributed by atoms with van der Waals surface area (Å²) in [6.07, 6.45) is -0.551. The van der Waals surface area contributed by atoms with E-state index >= 15 is 0 Å². The Kier molecular flexibility index (Phi) is 7.97. The summed E-state index contributed by atoms with van der Waals surface area (Å²) < 4.78 is 10.9. The van der Waals surface area contributed by atoms with Crippen molar-refractivity contribution in [3.63, 3.8) is 0 Å². The number of thioether (sulfide) groups is 1. The highest BCUT2D eigenvalue weighted by atomic mass is 32.2. The third-order valence-corrected chi connectivity index (χ3v) is 8.02. The second-order valence-corrected chi connectivity index (χ2v) is 9.83. The fourth-order valence-electron chi connectivity index (χ4n) is 4.79. The second-order valence-electron chi connectivity index (χ2n) is 8.62. The molecule has 1 saturated heterocycles. The van der Waals surface area contributed by atoms with Gasteiger partial charge in [-0.25, -0.2) is 9.59 Å². The normalized spacial score (nSPS) is 19.7. The first kappa shape index (κ1) is 25.1. The second kappa shape index (κ2) is 11.1.